The van der Waals surface area contributed by atoms with Crippen LogP contribution in [0.15, 0.2) is 0 Å². The maximum atomic E-state index is 10.3. The predicted octanol–water partition coefficient (Wildman–Crippen LogP) is 1.94. The molecule has 0 aliphatic carbocycles. The second kappa shape index (κ2) is 10.9. The molecule has 0 rings (SSSR count). The first-order valence-electron chi connectivity index (χ1n) is 6.17. The molecule has 0 amide bonds. The summed E-state index contributed by atoms with van der Waals surface area (Å²) in [6.07, 6.45) is 7.12. The normalized spacial score (nSPS) is 12.6. The van der Waals surface area contributed by atoms with Crippen molar-refractivity contribution in [1.29, 1.82) is 0 Å². The van der Waals surface area contributed by atoms with E-state index in [1.165, 1.54) is 0 Å². The van der Waals surface area contributed by atoms with Crippen LogP contribution in [0.3, 0.4) is 0 Å². The van der Waals surface area contributed by atoms with Gasteiger partial charge in [-0.25, -0.2) is 0 Å². The summed E-state index contributed by atoms with van der Waals surface area (Å²) in [7, 11) is 0. The Morgan fingerprint density at radius 1 is 0.938 bits per heavy atom. The third-order valence-electron chi connectivity index (χ3n) is 2.61. The van der Waals surface area contributed by atoms with Gasteiger partial charge in [0.15, 0.2) is 0 Å². The van der Waals surface area contributed by atoms with E-state index >= 15 is 0 Å². The monoisotopic (exact) mass is 232 g/mol. The van der Waals surface area contributed by atoms with E-state index in [1.807, 2.05) is 0 Å². The number of hydrogen-bond donors (Lipinski definition) is 3. The highest BCUT2D eigenvalue weighted by atomic mass is 16.4. The second-order valence-electron chi connectivity index (χ2n) is 4.24. The molecule has 16 heavy (non-hydrogen) atoms. The summed E-state index contributed by atoms with van der Waals surface area (Å²) in [6, 6.07) is 0. The standard InChI is InChI=1S/C12H24O4/c13-9-7-5-3-1-2-4-6-8-11(14)10-12(15)16/h11,13-14H,1-10H2,(H,15,16). The molecule has 4 nitrogen and oxygen atoms in total. The van der Waals surface area contributed by atoms with Crippen molar-refractivity contribution < 1.29 is 20.1 Å². The van der Waals surface area contributed by atoms with Crippen LogP contribution in [0.25, 0.3) is 0 Å². The molecule has 0 heterocycles. The van der Waals surface area contributed by atoms with Crippen molar-refractivity contribution >= 4 is 5.97 Å². The third kappa shape index (κ3) is 11.5. The number of carboxylic acids is 1. The van der Waals surface area contributed by atoms with Gasteiger partial charge in [0.1, 0.15) is 0 Å². The lowest BCUT2D eigenvalue weighted by atomic mass is 10.0. The first kappa shape index (κ1) is 15.4. The fourth-order valence-electron chi connectivity index (χ4n) is 1.68. The van der Waals surface area contributed by atoms with Crippen LogP contribution < -0.4 is 0 Å². The molecular formula is C12H24O4. The first-order valence-corrected chi connectivity index (χ1v) is 6.17. The number of unbranched alkanes of at least 4 members (excludes halogenated alkanes) is 6. The van der Waals surface area contributed by atoms with Gasteiger partial charge in [-0.3, -0.25) is 4.79 Å². The maximum Gasteiger partial charge on any atom is 0.305 e. The van der Waals surface area contributed by atoms with Crippen LogP contribution in [-0.4, -0.2) is 34.0 Å². The molecule has 0 saturated carbocycles. The Labute approximate surface area is 97.3 Å². The van der Waals surface area contributed by atoms with E-state index in [4.69, 9.17) is 10.2 Å². The summed E-state index contributed by atoms with van der Waals surface area (Å²) in [4.78, 5) is 10.3. The molecule has 0 saturated heterocycles. The smallest absolute Gasteiger partial charge is 0.305 e. The Hall–Kier alpha value is -0.610. The van der Waals surface area contributed by atoms with Gasteiger partial charge in [0.25, 0.3) is 0 Å². The molecule has 0 aliphatic heterocycles. The molecule has 0 aromatic carbocycles. The number of hydrogen-bond acceptors (Lipinski definition) is 3. The second-order valence-corrected chi connectivity index (χ2v) is 4.24. The number of carbonyl (C=O) groups is 1. The van der Waals surface area contributed by atoms with Crippen LogP contribution in [0, 0.1) is 0 Å². The lowest BCUT2D eigenvalue weighted by Gasteiger charge is -2.07. The molecule has 0 bridgehead atoms. The van der Waals surface area contributed by atoms with Crippen LogP contribution in [0.5, 0.6) is 0 Å². The van der Waals surface area contributed by atoms with Gasteiger partial charge >= 0.3 is 5.97 Å². The Balaban J connectivity index is 3.11. The average Bonchev–Trinajstić information content (AvgIpc) is 2.21. The lowest BCUT2D eigenvalue weighted by molar-refractivity contribution is -0.139. The van der Waals surface area contributed by atoms with Crippen LogP contribution in [-0.2, 0) is 4.79 Å². The SMILES string of the molecule is O=C(O)CC(O)CCCCCCCCCO. The largest absolute Gasteiger partial charge is 0.481 e. The maximum absolute atomic E-state index is 10.3. The zero-order valence-electron chi connectivity index (χ0n) is 9.90. The molecule has 0 aliphatic rings. The van der Waals surface area contributed by atoms with Crippen LogP contribution in [0.1, 0.15) is 57.8 Å². The van der Waals surface area contributed by atoms with Crippen LogP contribution in [0.4, 0.5) is 0 Å². The molecule has 0 aromatic heterocycles. The van der Waals surface area contributed by atoms with Crippen molar-refractivity contribution in [2.24, 2.45) is 0 Å². The summed E-state index contributed by atoms with van der Waals surface area (Å²) in [5.41, 5.74) is 0. The van der Waals surface area contributed by atoms with Crippen molar-refractivity contribution in [3.05, 3.63) is 0 Å². The highest BCUT2D eigenvalue weighted by Gasteiger charge is 2.08. The van der Waals surface area contributed by atoms with Gasteiger partial charge in [0.05, 0.1) is 12.5 Å². The first-order chi connectivity index (χ1) is 7.66. The Morgan fingerprint density at radius 3 is 1.94 bits per heavy atom. The van der Waals surface area contributed by atoms with E-state index in [2.05, 4.69) is 0 Å². The molecule has 1 unspecified atom stereocenters. The third-order valence-corrected chi connectivity index (χ3v) is 2.61. The number of aliphatic hydroxyl groups excluding tert-OH is 2. The minimum atomic E-state index is -0.934. The molecule has 0 radical (unpaired) electrons. The van der Waals surface area contributed by atoms with Gasteiger partial charge in [-0.2, -0.15) is 0 Å². The van der Waals surface area contributed by atoms with Crippen molar-refractivity contribution in [2.45, 2.75) is 63.9 Å². The van der Waals surface area contributed by atoms with Crippen molar-refractivity contribution in [2.75, 3.05) is 6.61 Å². The van der Waals surface area contributed by atoms with Gasteiger partial charge < -0.3 is 15.3 Å². The van der Waals surface area contributed by atoms with Gasteiger partial charge in [-0.15, -0.1) is 0 Å². The Bertz CT molecular complexity index is 170. The predicted molar refractivity (Wildman–Crippen MR) is 62.3 cm³/mol. The topological polar surface area (TPSA) is 77.8 Å². The number of aliphatic hydroxyl groups is 2. The zero-order valence-corrected chi connectivity index (χ0v) is 9.90. The fraction of sp³-hybridized carbons (Fsp3) is 0.917. The van der Waals surface area contributed by atoms with Gasteiger partial charge in [-0.1, -0.05) is 38.5 Å². The number of aliphatic carboxylic acids is 1. The molecule has 0 aromatic rings. The molecule has 3 N–H and O–H groups in total. The summed E-state index contributed by atoms with van der Waals surface area (Å²) in [6.45, 7) is 0.279. The van der Waals surface area contributed by atoms with Gasteiger partial charge in [-0.05, 0) is 12.8 Å². The summed E-state index contributed by atoms with van der Waals surface area (Å²) in [5.74, 6) is -0.934. The zero-order chi connectivity index (χ0) is 12.2. The molecule has 4 heteroatoms. The van der Waals surface area contributed by atoms with Crippen LogP contribution >= 0.6 is 0 Å². The summed E-state index contributed by atoms with van der Waals surface area (Å²) < 4.78 is 0. The van der Waals surface area contributed by atoms with E-state index in [0.29, 0.717) is 6.42 Å². The quantitative estimate of drug-likeness (QED) is 0.476. The van der Waals surface area contributed by atoms with E-state index < -0.39 is 12.1 Å². The molecule has 1 atom stereocenters. The van der Waals surface area contributed by atoms with Gasteiger partial charge in [0.2, 0.25) is 0 Å². The average molecular weight is 232 g/mol. The fourth-order valence-corrected chi connectivity index (χ4v) is 1.68. The van der Waals surface area contributed by atoms with Crippen molar-refractivity contribution in [3.8, 4) is 0 Å². The molecule has 0 spiro atoms. The Kier molecular flexibility index (Phi) is 10.5. The molecular weight excluding hydrogens is 208 g/mol. The van der Waals surface area contributed by atoms with E-state index in [-0.39, 0.29) is 13.0 Å². The number of rotatable bonds is 11. The summed E-state index contributed by atoms with van der Waals surface area (Å²) >= 11 is 0. The highest BCUT2D eigenvalue weighted by Crippen LogP contribution is 2.10. The Morgan fingerprint density at radius 2 is 1.44 bits per heavy atom. The van der Waals surface area contributed by atoms with E-state index in [9.17, 15) is 9.90 Å². The van der Waals surface area contributed by atoms with Gasteiger partial charge in [0, 0.05) is 6.61 Å². The van der Waals surface area contributed by atoms with E-state index in [0.717, 1.165) is 44.9 Å². The highest BCUT2D eigenvalue weighted by molar-refractivity contribution is 5.67. The number of carboxylic acid groups (broad SMARTS) is 1. The van der Waals surface area contributed by atoms with Crippen molar-refractivity contribution in [3.63, 3.8) is 0 Å². The lowest BCUT2D eigenvalue weighted by Crippen LogP contribution is -2.12. The van der Waals surface area contributed by atoms with Crippen LogP contribution in [0.2, 0.25) is 0 Å². The minimum Gasteiger partial charge on any atom is -0.481 e. The van der Waals surface area contributed by atoms with E-state index in [1.54, 1.807) is 0 Å². The van der Waals surface area contributed by atoms with Crippen molar-refractivity contribution in [1.82, 2.24) is 0 Å². The minimum absolute atomic E-state index is 0.142. The molecule has 96 valence electrons. The summed E-state index contributed by atoms with van der Waals surface area (Å²) in [5, 5.41) is 26.3. The molecule has 0 fully saturated rings.